The lowest BCUT2D eigenvalue weighted by molar-refractivity contribution is 0.554. The van der Waals surface area contributed by atoms with E-state index >= 15 is 4.39 Å². The first-order valence-electron chi connectivity index (χ1n) is 11.0. The number of halogens is 1. The number of para-hydroxylation sites is 2. The van der Waals surface area contributed by atoms with Crippen LogP contribution in [0.1, 0.15) is 40.3 Å². The number of thiocarbonyl (C=S) groups is 1. The summed E-state index contributed by atoms with van der Waals surface area (Å²) in [6, 6.07) is 22.5. The van der Waals surface area contributed by atoms with Gasteiger partial charge in [-0.3, -0.25) is 4.98 Å². The summed E-state index contributed by atoms with van der Waals surface area (Å²) in [6.07, 6.45) is 1.78. The minimum atomic E-state index is -0.303. The van der Waals surface area contributed by atoms with Gasteiger partial charge in [-0.15, -0.1) is 0 Å². The molecule has 0 saturated carbocycles. The van der Waals surface area contributed by atoms with Crippen molar-refractivity contribution in [3.63, 3.8) is 0 Å². The molecule has 2 unspecified atom stereocenters. The Balaban J connectivity index is 1.75. The molecule has 3 heterocycles. The van der Waals surface area contributed by atoms with E-state index in [2.05, 4.69) is 47.8 Å². The second kappa shape index (κ2) is 8.45. The molecular weight excluding hydrogens is 431 g/mol. The molecule has 1 N–H and O–H groups in total. The van der Waals surface area contributed by atoms with Gasteiger partial charge in [0, 0.05) is 28.8 Å². The Morgan fingerprint density at radius 2 is 1.58 bits per heavy atom. The highest BCUT2D eigenvalue weighted by atomic mass is 32.1. The summed E-state index contributed by atoms with van der Waals surface area (Å²) >= 11 is 5.77. The lowest BCUT2D eigenvalue weighted by atomic mass is 9.93. The molecule has 166 valence electrons. The van der Waals surface area contributed by atoms with Crippen molar-refractivity contribution < 1.29 is 4.39 Å². The number of pyridine rings is 1. The van der Waals surface area contributed by atoms with Crippen molar-refractivity contribution in [2.75, 3.05) is 4.90 Å². The molecule has 4 nitrogen and oxygen atoms in total. The maximum atomic E-state index is 15.0. The van der Waals surface area contributed by atoms with Crippen LogP contribution in [0.5, 0.6) is 0 Å². The maximum Gasteiger partial charge on any atom is 0.174 e. The van der Waals surface area contributed by atoms with E-state index in [4.69, 9.17) is 12.2 Å². The number of nitrogens with one attached hydrogen (secondary N) is 1. The van der Waals surface area contributed by atoms with Crippen molar-refractivity contribution in [1.82, 2.24) is 14.9 Å². The van der Waals surface area contributed by atoms with Crippen molar-refractivity contribution in [3.05, 3.63) is 113 Å². The molecule has 0 aliphatic carbocycles. The molecule has 2 atom stereocenters. The molecule has 2 aromatic carbocycles. The zero-order chi connectivity index (χ0) is 23.1. The summed E-state index contributed by atoms with van der Waals surface area (Å²) in [6.45, 7) is 6.38. The molecule has 6 heteroatoms. The van der Waals surface area contributed by atoms with Gasteiger partial charge in [0.25, 0.3) is 0 Å². The Bertz CT molecular complexity index is 1320. The number of nitrogens with zero attached hydrogens (tertiary/aromatic N) is 3. The van der Waals surface area contributed by atoms with E-state index in [0.717, 1.165) is 33.9 Å². The fourth-order valence-corrected chi connectivity index (χ4v) is 5.30. The van der Waals surface area contributed by atoms with Crippen molar-refractivity contribution in [2.24, 2.45) is 0 Å². The number of rotatable bonds is 4. The first-order chi connectivity index (χ1) is 16.0. The highest BCUT2D eigenvalue weighted by Gasteiger charge is 2.44. The largest absolute Gasteiger partial charge is 0.351 e. The predicted molar refractivity (Wildman–Crippen MR) is 134 cm³/mol. The molecule has 5 rings (SSSR count). The molecule has 0 amide bonds. The molecule has 2 aromatic heterocycles. The Morgan fingerprint density at radius 1 is 0.879 bits per heavy atom. The number of benzene rings is 2. The smallest absolute Gasteiger partial charge is 0.174 e. The van der Waals surface area contributed by atoms with Crippen molar-refractivity contribution in [3.8, 4) is 5.69 Å². The van der Waals surface area contributed by atoms with E-state index in [1.807, 2.05) is 47.4 Å². The van der Waals surface area contributed by atoms with Gasteiger partial charge in [-0.1, -0.05) is 36.4 Å². The number of hydrogen-bond acceptors (Lipinski definition) is 2. The number of aromatic nitrogens is 2. The predicted octanol–water partition coefficient (Wildman–Crippen LogP) is 6.11. The Labute approximate surface area is 198 Å². The lowest BCUT2D eigenvalue weighted by Crippen LogP contribution is -2.30. The van der Waals surface area contributed by atoms with Gasteiger partial charge in [-0.05, 0) is 75.0 Å². The van der Waals surface area contributed by atoms with Crippen LogP contribution >= 0.6 is 12.2 Å². The molecule has 1 saturated heterocycles. The van der Waals surface area contributed by atoms with E-state index in [-0.39, 0.29) is 17.9 Å². The topological polar surface area (TPSA) is 33.1 Å². The van der Waals surface area contributed by atoms with Crippen molar-refractivity contribution in [1.29, 1.82) is 0 Å². The minimum Gasteiger partial charge on any atom is -0.351 e. The average Bonchev–Trinajstić information content (AvgIpc) is 3.27. The van der Waals surface area contributed by atoms with E-state index in [1.54, 1.807) is 18.3 Å². The van der Waals surface area contributed by atoms with Crippen molar-refractivity contribution >= 4 is 23.0 Å². The van der Waals surface area contributed by atoms with Gasteiger partial charge in [-0.2, -0.15) is 0 Å². The van der Waals surface area contributed by atoms with Crippen LogP contribution in [0, 0.1) is 26.6 Å². The summed E-state index contributed by atoms with van der Waals surface area (Å²) < 4.78 is 17.3. The van der Waals surface area contributed by atoms with Crippen LogP contribution in [0.15, 0.2) is 79.0 Å². The first-order valence-corrected chi connectivity index (χ1v) is 11.4. The van der Waals surface area contributed by atoms with Gasteiger partial charge in [0.2, 0.25) is 0 Å². The van der Waals surface area contributed by atoms with E-state index in [9.17, 15) is 0 Å². The number of anilines is 1. The van der Waals surface area contributed by atoms with Gasteiger partial charge >= 0.3 is 0 Å². The Morgan fingerprint density at radius 3 is 2.27 bits per heavy atom. The Kier molecular flexibility index (Phi) is 5.46. The van der Waals surface area contributed by atoms with Crippen LogP contribution in [0.25, 0.3) is 5.69 Å². The molecule has 1 fully saturated rings. The SMILES string of the molecule is Cc1c(C2C(c3ccccn3)NC(=S)N2c2ccccc2F)c(C)n(-c2ccccc2)c1C. The standard InChI is InChI=1S/C27H25FN4S/c1-17-18(2)31(20-11-5-4-6-12-20)19(3)24(17)26-25(22-14-9-10-16-29-22)30-27(33)32(26)23-15-8-7-13-21(23)28/h4-16,25-26H,1-3H3,(H,30,33). The molecule has 0 bridgehead atoms. The zero-order valence-electron chi connectivity index (χ0n) is 18.8. The van der Waals surface area contributed by atoms with Crippen LogP contribution in [-0.2, 0) is 0 Å². The summed E-state index contributed by atoms with van der Waals surface area (Å²) in [5.41, 5.74) is 6.98. The van der Waals surface area contributed by atoms with Gasteiger partial charge in [0.15, 0.2) is 5.11 Å². The van der Waals surface area contributed by atoms with Gasteiger partial charge in [0.05, 0.1) is 23.5 Å². The monoisotopic (exact) mass is 456 g/mol. The fraction of sp³-hybridized carbons (Fsp3) is 0.185. The second-order valence-electron chi connectivity index (χ2n) is 8.33. The summed E-state index contributed by atoms with van der Waals surface area (Å²) in [7, 11) is 0. The van der Waals surface area contributed by atoms with Crippen LogP contribution in [0.4, 0.5) is 10.1 Å². The lowest BCUT2D eigenvalue weighted by Gasteiger charge is -2.29. The molecule has 0 spiro atoms. The van der Waals surface area contributed by atoms with Crippen LogP contribution < -0.4 is 10.2 Å². The molecule has 1 aliphatic heterocycles. The third-order valence-electron chi connectivity index (χ3n) is 6.53. The average molecular weight is 457 g/mol. The van der Waals surface area contributed by atoms with E-state index < -0.39 is 0 Å². The van der Waals surface area contributed by atoms with E-state index in [1.165, 1.54) is 6.07 Å². The zero-order valence-corrected chi connectivity index (χ0v) is 19.6. The molecule has 33 heavy (non-hydrogen) atoms. The molecule has 1 aliphatic rings. The normalized spacial score (nSPS) is 17.9. The second-order valence-corrected chi connectivity index (χ2v) is 8.72. The van der Waals surface area contributed by atoms with Crippen LogP contribution in [0.3, 0.4) is 0 Å². The maximum absolute atomic E-state index is 15.0. The Hall–Kier alpha value is -3.51. The minimum absolute atomic E-state index is 0.221. The van der Waals surface area contributed by atoms with Crippen LogP contribution in [-0.4, -0.2) is 14.7 Å². The van der Waals surface area contributed by atoms with Crippen LogP contribution in [0.2, 0.25) is 0 Å². The number of hydrogen-bond donors (Lipinski definition) is 1. The summed E-state index contributed by atoms with van der Waals surface area (Å²) in [5, 5.41) is 3.93. The van der Waals surface area contributed by atoms with Gasteiger partial charge in [-0.25, -0.2) is 4.39 Å². The van der Waals surface area contributed by atoms with Crippen molar-refractivity contribution in [2.45, 2.75) is 32.9 Å². The quantitative estimate of drug-likeness (QED) is 0.376. The summed E-state index contributed by atoms with van der Waals surface area (Å²) in [5.74, 6) is -0.303. The third-order valence-corrected chi connectivity index (χ3v) is 6.84. The highest BCUT2D eigenvalue weighted by Crippen LogP contribution is 2.45. The molecule has 4 aromatic rings. The molecule has 0 radical (unpaired) electrons. The van der Waals surface area contributed by atoms with E-state index in [0.29, 0.717) is 10.8 Å². The first kappa shape index (κ1) is 21.3. The third kappa shape index (κ3) is 3.51. The van der Waals surface area contributed by atoms with Gasteiger partial charge in [0.1, 0.15) is 5.82 Å². The summed E-state index contributed by atoms with van der Waals surface area (Å²) in [4.78, 5) is 6.53. The highest BCUT2D eigenvalue weighted by molar-refractivity contribution is 7.80. The fourth-order valence-electron chi connectivity index (χ4n) is 4.96. The molecular formula is C27H25FN4S. The van der Waals surface area contributed by atoms with Gasteiger partial charge < -0.3 is 14.8 Å².